The first-order valence-corrected chi connectivity index (χ1v) is 18.1. The Kier molecular flexibility index (Phi) is 13.1. The molecule has 2 aliphatic rings. The normalized spacial score (nSPS) is 12.3. The molecule has 8 bridgehead atoms. The van der Waals surface area contributed by atoms with Crippen LogP contribution in [0, 0.1) is 0 Å². The van der Waals surface area contributed by atoms with Crippen molar-refractivity contribution in [1.29, 1.82) is 0 Å². The van der Waals surface area contributed by atoms with Gasteiger partial charge in [0.15, 0.2) is 0 Å². The van der Waals surface area contributed by atoms with E-state index in [1.54, 1.807) is 0 Å². The van der Waals surface area contributed by atoms with Gasteiger partial charge >= 0.3 is 0 Å². The number of aromatic nitrogens is 4. The maximum Gasteiger partial charge on any atom is 0.119 e. The number of quaternary nitrogens is 2. The molecule has 5 heterocycles. The summed E-state index contributed by atoms with van der Waals surface area (Å²) in [5, 5.41) is 0. The molecule has 0 saturated heterocycles. The van der Waals surface area contributed by atoms with E-state index in [-0.39, 0.29) is 34.0 Å². The van der Waals surface area contributed by atoms with Crippen LogP contribution >= 0.6 is 0 Å². The van der Waals surface area contributed by atoms with E-state index in [0.29, 0.717) is 13.2 Å². The van der Waals surface area contributed by atoms with E-state index in [1.165, 1.54) is 0 Å². The van der Waals surface area contributed by atoms with Crippen molar-refractivity contribution in [3.05, 3.63) is 108 Å². The Morgan fingerprint density at radius 1 is 0.500 bits per heavy atom. The molecule has 282 valence electrons. The van der Waals surface area contributed by atoms with Crippen LogP contribution in [-0.2, 0) is 0 Å². The Balaban J connectivity index is 0.00000280. The smallest absolute Gasteiger partial charge is 0.119 e. The number of nitrogens with zero attached hydrogens (tertiary/aromatic N) is 4. The fourth-order valence-electron chi connectivity index (χ4n) is 6.57. The highest BCUT2D eigenvalue weighted by atomic mass is 79.9. The van der Waals surface area contributed by atoms with Crippen LogP contribution in [-0.4, -0.2) is 97.5 Å². The van der Waals surface area contributed by atoms with Crippen LogP contribution in [0.15, 0.2) is 84.9 Å². The quantitative estimate of drug-likeness (QED) is 0.147. The third-order valence-corrected chi connectivity index (χ3v) is 9.17. The number of ether oxygens (including phenoxy) is 2. The molecule has 0 amide bonds. The second-order valence-corrected chi connectivity index (χ2v) is 15.7. The largest absolute Gasteiger partial charge is 1.00 e. The summed E-state index contributed by atoms with van der Waals surface area (Å²) in [4.78, 5) is 17.5. The molecule has 0 fully saturated rings. The predicted octanol–water partition coefficient (Wildman–Crippen LogP) is 2.95. The van der Waals surface area contributed by atoms with Crippen molar-refractivity contribution < 1.29 is 52.4 Å². The summed E-state index contributed by atoms with van der Waals surface area (Å²) in [6.45, 7) is 3.52. The van der Waals surface area contributed by atoms with E-state index < -0.39 is 0 Å². The lowest BCUT2D eigenvalue weighted by molar-refractivity contribution is -0.870. The minimum absolute atomic E-state index is 0. The molecule has 0 aliphatic carbocycles. The number of halogens is 2. The van der Waals surface area contributed by atoms with Gasteiger partial charge in [-0.05, 0) is 96.1 Å². The van der Waals surface area contributed by atoms with Crippen molar-refractivity contribution in [3.63, 3.8) is 0 Å². The molecule has 7 rings (SSSR count). The lowest BCUT2D eigenvalue weighted by Gasteiger charge is -2.23. The third-order valence-electron chi connectivity index (χ3n) is 9.17. The average molecular weight is 855 g/mol. The zero-order chi connectivity index (χ0) is 36.3. The van der Waals surface area contributed by atoms with E-state index in [1.807, 2.05) is 0 Å². The van der Waals surface area contributed by atoms with Crippen molar-refractivity contribution in [1.82, 2.24) is 19.9 Å². The summed E-state index contributed by atoms with van der Waals surface area (Å²) in [6, 6.07) is 29.3. The van der Waals surface area contributed by atoms with Crippen molar-refractivity contribution in [2.45, 2.75) is 12.8 Å². The van der Waals surface area contributed by atoms with Crippen molar-refractivity contribution >= 4 is 46.4 Å². The topological polar surface area (TPSA) is 75.8 Å². The van der Waals surface area contributed by atoms with Crippen LogP contribution in [0.4, 0.5) is 0 Å². The van der Waals surface area contributed by atoms with Gasteiger partial charge < -0.3 is 62.4 Å². The lowest BCUT2D eigenvalue weighted by Crippen LogP contribution is -3.00. The van der Waals surface area contributed by atoms with E-state index >= 15 is 0 Å². The molecule has 2 aromatic carbocycles. The minimum atomic E-state index is 0. The zero-order valence-electron chi connectivity index (χ0n) is 32.0. The number of H-pyrrole nitrogens is 2. The fourth-order valence-corrected chi connectivity index (χ4v) is 6.57. The van der Waals surface area contributed by atoms with Crippen LogP contribution in [0.25, 0.3) is 68.6 Å². The van der Waals surface area contributed by atoms with Gasteiger partial charge in [0.2, 0.25) is 0 Å². The van der Waals surface area contributed by atoms with Gasteiger partial charge in [0.1, 0.15) is 11.5 Å². The maximum absolute atomic E-state index is 6.08. The monoisotopic (exact) mass is 852 g/mol. The molecular weight excluding hydrogens is 804 g/mol. The van der Waals surface area contributed by atoms with Gasteiger partial charge in [-0.25, -0.2) is 9.97 Å². The number of aromatic amines is 2. The zero-order valence-corrected chi connectivity index (χ0v) is 35.2. The molecule has 10 heteroatoms. The second-order valence-electron chi connectivity index (χ2n) is 15.7. The Morgan fingerprint density at radius 3 is 1.26 bits per heavy atom. The van der Waals surface area contributed by atoms with Gasteiger partial charge in [-0.15, -0.1) is 0 Å². The first-order chi connectivity index (χ1) is 25.0. The van der Waals surface area contributed by atoms with Crippen LogP contribution in [0.2, 0.25) is 0 Å². The first-order valence-electron chi connectivity index (χ1n) is 18.1. The molecule has 2 aliphatic heterocycles. The Hall–Kier alpha value is -4.48. The van der Waals surface area contributed by atoms with Crippen LogP contribution in [0.1, 0.15) is 35.6 Å². The van der Waals surface area contributed by atoms with Crippen molar-refractivity contribution in [2.75, 3.05) is 68.6 Å². The lowest BCUT2D eigenvalue weighted by atomic mass is 10.0. The molecule has 3 aromatic heterocycles. The number of hydrogen-bond donors (Lipinski definition) is 2. The average Bonchev–Trinajstić information content (AvgIpc) is 3.93. The van der Waals surface area contributed by atoms with E-state index in [4.69, 9.17) is 19.4 Å². The Bertz CT molecular complexity index is 2110. The molecule has 0 spiro atoms. The van der Waals surface area contributed by atoms with Crippen molar-refractivity contribution in [3.8, 4) is 33.8 Å². The van der Waals surface area contributed by atoms with Gasteiger partial charge in [-0.1, -0.05) is 24.3 Å². The van der Waals surface area contributed by atoms with E-state index in [0.717, 1.165) is 113 Å². The van der Waals surface area contributed by atoms with Gasteiger partial charge in [-0.2, -0.15) is 0 Å². The molecule has 5 aromatic rings. The molecule has 0 unspecified atom stereocenters. The number of fused-ring (bicyclic) bond motifs is 8. The maximum atomic E-state index is 6.08. The fraction of sp³-hybridized carbons (Fsp3) is 0.273. The highest BCUT2D eigenvalue weighted by Crippen LogP contribution is 2.33. The number of hydrogen-bond acceptors (Lipinski definition) is 4. The summed E-state index contributed by atoms with van der Waals surface area (Å²) >= 11 is 0. The molecular formula is C44H50Br2N6O2. The number of benzene rings is 2. The minimum Gasteiger partial charge on any atom is -1.00 e. The summed E-state index contributed by atoms with van der Waals surface area (Å²) in [7, 11) is 13.2. The summed E-state index contributed by atoms with van der Waals surface area (Å²) in [5.74, 6) is 1.74. The van der Waals surface area contributed by atoms with Crippen LogP contribution in [0.3, 0.4) is 0 Å². The summed E-state index contributed by atoms with van der Waals surface area (Å²) in [6.07, 6.45) is 10.3. The van der Waals surface area contributed by atoms with Crippen LogP contribution < -0.4 is 43.4 Å². The molecule has 0 radical (unpaired) electrons. The van der Waals surface area contributed by atoms with Gasteiger partial charge in [-0.3, -0.25) is 0 Å². The highest BCUT2D eigenvalue weighted by molar-refractivity contribution is 5.93. The number of nitrogens with one attached hydrogen (secondary N) is 2. The van der Waals surface area contributed by atoms with E-state index in [2.05, 4.69) is 161 Å². The molecule has 8 nitrogen and oxygen atoms in total. The standard InChI is InChI=1S/C44H50N6O2.2BrH/c1-49(2,3)25-7-27-51-37-17-9-31(10-18-37)43-39-21-13-33(45-39)29-35-15-23-41(47-35)44(42-24-16-36(48-42)30-34-14-22-40(43)46-34)32-11-19-38(20-12-32)52-28-8-26-50(4,5)6;;/h9-24,29-30,45,48H,7-8,25-28H2,1-6H3;2*1H/q+2;;/p-2. The van der Waals surface area contributed by atoms with Gasteiger partial charge in [0, 0.05) is 46.0 Å². The first kappa shape index (κ1) is 40.7. The molecule has 2 N–H and O–H groups in total. The third kappa shape index (κ3) is 10.4. The SMILES string of the molecule is C[N+](C)(C)CCCOc1ccc(-c2c3nc(cc4ccc([nH]4)c(-c4ccc(OCCC[N+](C)(C)C)cc4)c4nc(cc5ccc2[nH]5)C=C4)C=C3)cc1.[Br-].[Br-]. The molecule has 0 atom stereocenters. The second kappa shape index (κ2) is 17.3. The van der Waals surface area contributed by atoms with E-state index in [9.17, 15) is 0 Å². The van der Waals surface area contributed by atoms with Gasteiger partial charge in [0.05, 0.1) is 91.4 Å². The van der Waals surface area contributed by atoms with Crippen molar-refractivity contribution in [2.24, 2.45) is 0 Å². The molecule has 0 saturated carbocycles. The molecule has 54 heavy (non-hydrogen) atoms. The predicted molar refractivity (Wildman–Crippen MR) is 216 cm³/mol. The highest BCUT2D eigenvalue weighted by Gasteiger charge is 2.14. The Morgan fingerprint density at radius 2 is 0.889 bits per heavy atom. The summed E-state index contributed by atoms with van der Waals surface area (Å²) in [5.41, 5.74) is 11.7. The van der Waals surface area contributed by atoms with Crippen LogP contribution in [0.5, 0.6) is 11.5 Å². The summed E-state index contributed by atoms with van der Waals surface area (Å²) < 4.78 is 14.0. The number of rotatable bonds is 12. The Labute approximate surface area is 339 Å². The van der Waals surface area contributed by atoms with Gasteiger partial charge in [0.25, 0.3) is 0 Å².